The molecule has 0 saturated heterocycles. The monoisotopic (exact) mass is 312 g/mol. The van der Waals surface area contributed by atoms with Gasteiger partial charge in [-0.25, -0.2) is 4.52 Å². The molecule has 0 saturated carbocycles. The second-order valence-electron chi connectivity index (χ2n) is 5.06. The third-order valence-electron chi connectivity index (χ3n) is 3.29. The molecule has 0 aliphatic carbocycles. The maximum absolute atomic E-state index is 11.6. The molecular formula is C16H16N4OS. The number of thiazole rings is 1. The summed E-state index contributed by atoms with van der Waals surface area (Å²) in [6.45, 7) is 5.94. The smallest absolute Gasteiger partial charge is 0.250 e. The van der Waals surface area contributed by atoms with Gasteiger partial charge in [-0.1, -0.05) is 29.8 Å². The average Bonchev–Trinajstić information content (AvgIpc) is 2.99. The highest BCUT2D eigenvalue weighted by atomic mass is 32.1. The van der Waals surface area contributed by atoms with E-state index in [9.17, 15) is 4.79 Å². The summed E-state index contributed by atoms with van der Waals surface area (Å²) in [6.07, 6.45) is 3.12. The molecule has 0 fully saturated rings. The first-order valence-electron chi connectivity index (χ1n) is 6.94. The molecule has 3 rings (SSSR count). The van der Waals surface area contributed by atoms with Crippen LogP contribution in [0.25, 0.3) is 16.2 Å². The van der Waals surface area contributed by atoms with E-state index < -0.39 is 0 Å². The van der Waals surface area contributed by atoms with Crippen LogP contribution in [0.2, 0.25) is 0 Å². The molecule has 1 aromatic carbocycles. The zero-order valence-electron chi connectivity index (χ0n) is 12.6. The molecule has 5 nitrogen and oxygen atoms in total. The van der Waals surface area contributed by atoms with Gasteiger partial charge >= 0.3 is 0 Å². The zero-order chi connectivity index (χ0) is 15.7. The lowest BCUT2D eigenvalue weighted by molar-refractivity contribution is -0.111. The molecule has 1 amide bonds. The molecule has 3 aromatic rings. The van der Waals surface area contributed by atoms with Crippen LogP contribution in [0, 0.1) is 13.8 Å². The number of allylic oxidation sites excluding steroid dienone is 1. The van der Waals surface area contributed by atoms with Crippen molar-refractivity contribution in [2.75, 3.05) is 5.32 Å². The molecule has 112 valence electrons. The zero-order valence-corrected chi connectivity index (χ0v) is 13.4. The number of hydrogen-bond donors (Lipinski definition) is 1. The Hall–Kier alpha value is -2.47. The van der Waals surface area contributed by atoms with Crippen molar-refractivity contribution in [1.82, 2.24) is 14.6 Å². The highest BCUT2D eigenvalue weighted by Crippen LogP contribution is 2.28. The third-order valence-corrected chi connectivity index (χ3v) is 4.11. The molecule has 22 heavy (non-hydrogen) atoms. The maximum atomic E-state index is 11.6. The third kappa shape index (κ3) is 2.65. The molecular weight excluding hydrogens is 296 g/mol. The summed E-state index contributed by atoms with van der Waals surface area (Å²) in [5.41, 5.74) is 4.52. The van der Waals surface area contributed by atoms with Crippen LogP contribution >= 0.6 is 11.3 Å². The van der Waals surface area contributed by atoms with E-state index >= 15 is 0 Å². The fourth-order valence-electron chi connectivity index (χ4n) is 2.32. The minimum absolute atomic E-state index is 0.228. The quantitative estimate of drug-likeness (QED) is 0.752. The summed E-state index contributed by atoms with van der Waals surface area (Å²) < 4.78 is 1.77. The van der Waals surface area contributed by atoms with Crippen LogP contribution in [-0.2, 0) is 4.79 Å². The molecule has 0 aliphatic rings. The van der Waals surface area contributed by atoms with E-state index in [1.165, 1.54) is 28.5 Å². The maximum Gasteiger partial charge on any atom is 0.250 e. The van der Waals surface area contributed by atoms with Crippen molar-refractivity contribution >= 4 is 28.2 Å². The lowest BCUT2D eigenvalue weighted by Gasteiger charge is -2.05. The van der Waals surface area contributed by atoms with Crippen molar-refractivity contribution in [2.45, 2.75) is 20.8 Å². The van der Waals surface area contributed by atoms with E-state index in [4.69, 9.17) is 0 Å². The van der Waals surface area contributed by atoms with Crippen LogP contribution < -0.4 is 5.32 Å². The lowest BCUT2D eigenvalue weighted by Crippen LogP contribution is -2.09. The Balaban J connectivity index is 2.01. The van der Waals surface area contributed by atoms with Crippen molar-refractivity contribution < 1.29 is 4.79 Å². The summed E-state index contributed by atoms with van der Waals surface area (Å²) in [5.74, 6) is 0.0924. The number of nitrogens with one attached hydrogen (secondary N) is 1. The van der Waals surface area contributed by atoms with Crippen LogP contribution in [0.1, 0.15) is 18.1 Å². The van der Waals surface area contributed by atoms with Gasteiger partial charge in [-0.3, -0.25) is 10.1 Å². The van der Waals surface area contributed by atoms with Crippen LogP contribution in [0.15, 0.2) is 35.7 Å². The van der Waals surface area contributed by atoms with E-state index in [-0.39, 0.29) is 5.91 Å². The summed E-state index contributed by atoms with van der Waals surface area (Å²) in [5, 5.41) is 9.08. The number of fused-ring (bicyclic) bond motifs is 1. The Morgan fingerprint density at radius 1 is 1.36 bits per heavy atom. The number of aryl methyl sites for hydroxylation is 2. The predicted molar refractivity (Wildman–Crippen MR) is 89.2 cm³/mol. The summed E-state index contributed by atoms with van der Waals surface area (Å²) >= 11 is 1.50. The standard InChI is InChI=1S/C16H16N4OS/c1-4-5-14(21)17-15-18-16-20(19-15)13(9-22-16)12-7-6-10(2)8-11(12)3/h4-9H,1-3H3,(H,17,19,21)/b5-4+. The Morgan fingerprint density at radius 2 is 2.18 bits per heavy atom. The number of benzene rings is 1. The molecule has 0 radical (unpaired) electrons. The van der Waals surface area contributed by atoms with E-state index in [0.29, 0.717) is 5.95 Å². The van der Waals surface area contributed by atoms with E-state index in [2.05, 4.69) is 47.4 Å². The SMILES string of the molecule is C/C=C/C(=O)Nc1nc2scc(-c3ccc(C)cc3C)n2n1. The van der Waals surface area contributed by atoms with Gasteiger partial charge < -0.3 is 0 Å². The second-order valence-corrected chi connectivity index (χ2v) is 5.89. The molecule has 0 unspecified atom stereocenters. The number of rotatable bonds is 3. The van der Waals surface area contributed by atoms with Crippen molar-refractivity contribution in [3.05, 3.63) is 46.9 Å². The van der Waals surface area contributed by atoms with Gasteiger partial charge in [0.2, 0.25) is 10.9 Å². The lowest BCUT2D eigenvalue weighted by atomic mass is 10.0. The van der Waals surface area contributed by atoms with Gasteiger partial charge in [0.05, 0.1) is 5.69 Å². The largest absolute Gasteiger partial charge is 0.290 e. The first kappa shape index (κ1) is 14.5. The molecule has 1 N–H and O–H groups in total. The molecule has 0 aliphatic heterocycles. The summed E-state index contributed by atoms with van der Waals surface area (Å²) in [7, 11) is 0. The number of hydrogen-bond acceptors (Lipinski definition) is 4. The average molecular weight is 312 g/mol. The summed E-state index contributed by atoms with van der Waals surface area (Å²) in [4.78, 5) is 16.7. The fraction of sp³-hybridized carbons (Fsp3) is 0.188. The molecule has 0 atom stereocenters. The molecule has 2 heterocycles. The Kier molecular flexibility index (Phi) is 3.77. The van der Waals surface area contributed by atoms with E-state index in [1.54, 1.807) is 17.5 Å². The van der Waals surface area contributed by atoms with Crippen LogP contribution in [0.5, 0.6) is 0 Å². The van der Waals surface area contributed by atoms with E-state index in [0.717, 1.165) is 16.2 Å². The van der Waals surface area contributed by atoms with Gasteiger partial charge in [0, 0.05) is 10.9 Å². The van der Waals surface area contributed by atoms with Gasteiger partial charge in [0.1, 0.15) is 0 Å². The number of amides is 1. The Labute approximate surface area is 132 Å². The molecule has 2 aromatic heterocycles. The van der Waals surface area contributed by atoms with Gasteiger partial charge in [-0.05, 0) is 32.4 Å². The molecule has 6 heteroatoms. The van der Waals surface area contributed by atoms with E-state index in [1.807, 2.05) is 5.38 Å². The number of carbonyl (C=O) groups excluding carboxylic acids is 1. The van der Waals surface area contributed by atoms with Crippen molar-refractivity contribution in [3.63, 3.8) is 0 Å². The second kappa shape index (κ2) is 5.73. The minimum Gasteiger partial charge on any atom is -0.290 e. The van der Waals surface area contributed by atoms with Crippen molar-refractivity contribution in [2.24, 2.45) is 0 Å². The Bertz CT molecular complexity index is 876. The summed E-state index contributed by atoms with van der Waals surface area (Å²) in [6, 6.07) is 6.31. The van der Waals surface area contributed by atoms with Crippen LogP contribution in [0.3, 0.4) is 0 Å². The van der Waals surface area contributed by atoms with Gasteiger partial charge in [0.15, 0.2) is 0 Å². The number of anilines is 1. The normalized spacial score (nSPS) is 11.4. The van der Waals surface area contributed by atoms with Crippen molar-refractivity contribution in [1.29, 1.82) is 0 Å². The molecule has 0 bridgehead atoms. The van der Waals surface area contributed by atoms with Crippen LogP contribution in [0.4, 0.5) is 5.95 Å². The van der Waals surface area contributed by atoms with Gasteiger partial charge in [-0.2, -0.15) is 4.98 Å². The number of aromatic nitrogens is 3. The highest BCUT2D eigenvalue weighted by molar-refractivity contribution is 7.15. The van der Waals surface area contributed by atoms with Gasteiger partial charge in [0.25, 0.3) is 5.95 Å². The number of nitrogens with zero attached hydrogens (tertiary/aromatic N) is 3. The first-order chi connectivity index (χ1) is 10.6. The minimum atomic E-state index is -0.228. The fourth-order valence-corrected chi connectivity index (χ4v) is 3.15. The van der Waals surface area contributed by atoms with Gasteiger partial charge in [-0.15, -0.1) is 16.4 Å². The highest BCUT2D eigenvalue weighted by Gasteiger charge is 2.13. The first-order valence-corrected chi connectivity index (χ1v) is 7.82. The Morgan fingerprint density at radius 3 is 2.91 bits per heavy atom. The molecule has 0 spiro atoms. The topological polar surface area (TPSA) is 59.3 Å². The predicted octanol–water partition coefficient (Wildman–Crippen LogP) is 3.59. The number of carbonyl (C=O) groups is 1. The van der Waals surface area contributed by atoms with Crippen molar-refractivity contribution in [3.8, 4) is 11.3 Å². The van der Waals surface area contributed by atoms with Crippen LogP contribution in [-0.4, -0.2) is 20.5 Å².